The van der Waals surface area contributed by atoms with Crippen molar-refractivity contribution < 1.29 is 19.0 Å². The first-order valence-corrected chi connectivity index (χ1v) is 4.32. The summed E-state index contributed by atoms with van der Waals surface area (Å²) in [6.07, 6.45) is 2.72. The fourth-order valence-electron chi connectivity index (χ4n) is 1.16. The van der Waals surface area contributed by atoms with E-state index >= 15 is 0 Å². The van der Waals surface area contributed by atoms with E-state index in [1.807, 2.05) is 0 Å². The Hall–Kier alpha value is -0.970. The summed E-state index contributed by atoms with van der Waals surface area (Å²) >= 11 is 0. The largest absolute Gasteiger partial charge is 0.345 e. The summed E-state index contributed by atoms with van der Waals surface area (Å²) in [4.78, 5) is 10.6. The molecule has 0 spiro atoms. The molecule has 1 rings (SSSR count). The van der Waals surface area contributed by atoms with E-state index in [1.54, 1.807) is 12.2 Å². The highest BCUT2D eigenvalue weighted by Gasteiger charge is 2.43. The van der Waals surface area contributed by atoms with Crippen molar-refractivity contribution in [1.82, 2.24) is 0 Å². The van der Waals surface area contributed by atoms with Gasteiger partial charge in [0.2, 0.25) is 5.79 Å². The molecule has 78 valence electrons. The van der Waals surface area contributed by atoms with Crippen LogP contribution in [0.25, 0.3) is 0 Å². The SMILES string of the molecule is C=CCOC1OC(C)(C=O)OC1C=C. The number of aldehydes is 1. The third-order valence-electron chi connectivity index (χ3n) is 1.81. The molecule has 3 atom stereocenters. The summed E-state index contributed by atoms with van der Waals surface area (Å²) < 4.78 is 15.8. The summed E-state index contributed by atoms with van der Waals surface area (Å²) in [6, 6.07) is 0. The van der Waals surface area contributed by atoms with Gasteiger partial charge in [-0.1, -0.05) is 12.2 Å². The quantitative estimate of drug-likeness (QED) is 0.489. The summed E-state index contributed by atoms with van der Waals surface area (Å²) in [7, 11) is 0. The van der Waals surface area contributed by atoms with Gasteiger partial charge in [0, 0.05) is 0 Å². The third-order valence-corrected chi connectivity index (χ3v) is 1.81. The van der Waals surface area contributed by atoms with Crippen LogP contribution >= 0.6 is 0 Å². The molecule has 1 aliphatic rings. The average Bonchev–Trinajstić information content (AvgIpc) is 2.53. The molecule has 4 nitrogen and oxygen atoms in total. The number of rotatable bonds is 5. The molecule has 1 heterocycles. The third kappa shape index (κ3) is 2.29. The monoisotopic (exact) mass is 198 g/mol. The standard InChI is InChI=1S/C10H14O4/c1-4-6-12-9-8(5-2)13-10(3,7-11)14-9/h4-5,7-9H,1-2,6H2,3H3. The average molecular weight is 198 g/mol. The second kappa shape index (κ2) is 4.50. The van der Waals surface area contributed by atoms with E-state index < -0.39 is 18.2 Å². The smallest absolute Gasteiger partial charge is 0.226 e. The lowest BCUT2D eigenvalue weighted by molar-refractivity contribution is -0.191. The maximum atomic E-state index is 10.6. The van der Waals surface area contributed by atoms with Crippen molar-refractivity contribution in [3.8, 4) is 0 Å². The molecule has 3 unspecified atom stereocenters. The van der Waals surface area contributed by atoms with Crippen LogP contribution in [0.15, 0.2) is 25.3 Å². The van der Waals surface area contributed by atoms with Crippen LogP contribution in [0.5, 0.6) is 0 Å². The van der Waals surface area contributed by atoms with Crippen molar-refractivity contribution in [2.75, 3.05) is 6.61 Å². The molecule has 1 fully saturated rings. The van der Waals surface area contributed by atoms with Crippen molar-refractivity contribution in [3.63, 3.8) is 0 Å². The van der Waals surface area contributed by atoms with E-state index in [9.17, 15) is 4.79 Å². The summed E-state index contributed by atoms with van der Waals surface area (Å²) in [5.41, 5.74) is 0. The lowest BCUT2D eigenvalue weighted by Gasteiger charge is -2.14. The number of carbonyl (C=O) groups is 1. The predicted molar refractivity (Wildman–Crippen MR) is 50.6 cm³/mol. The van der Waals surface area contributed by atoms with Crippen molar-refractivity contribution in [2.24, 2.45) is 0 Å². The Balaban J connectivity index is 2.61. The molecule has 14 heavy (non-hydrogen) atoms. The molecule has 0 saturated carbocycles. The lowest BCUT2D eigenvalue weighted by Crippen LogP contribution is -2.28. The Morgan fingerprint density at radius 1 is 1.50 bits per heavy atom. The lowest BCUT2D eigenvalue weighted by atomic mass is 10.3. The molecule has 0 aromatic heterocycles. The van der Waals surface area contributed by atoms with Crippen molar-refractivity contribution in [1.29, 1.82) is 0 Å². The second-order valence-electron chi connectivity index (χ2n) is 3.06. The van der Waals surface area contributed by atoms with Gasteiger partial charge in [0.25, 0.3) is 0 Å². The maximum Gasteiger partial charge on any atom is 0.226 e. The van der Waals surface area contributed by atoms with Crippen molar-refractivity contribution in [2.45, 2.75) is 25.1 Å². The van der Waals surface area contributed by atoms with Crippen LogP contribution in [0.3, 0.4) is 0 Å². The Bertz CT molecular complexity index is 238. The molecule has 0 radical (unpaired) electrons. The van der Waals surface area contributed by atoms with Gasteiger partial charge >= 0.3 is 0 Å². The molecule has 0 N–H and O–H groups in total. The Morgan fingerprint density at radius 3 is 2.71 bits per heavy atom. The fourth-order valence-corrected chi connectivity index (χ4v) is 1.16. The van der Waals surface area contributed by atoms with Crippen LogP contribution in [0.2, 0.25) is 0 Å². The summed E-state index contributed by atoms with van der Waals surface area (Å²) in [5, 5.41) is 0. The van der Waals surface area contributed by atoms with Crippen LogP contribution in [-0.4, -0.2) is 31.1 Å². The molecule has 0 aliphatic carbocycles. The zero-order chi connectivity index (χ0) is 10.6. The molecule has 0 amide bonds. The highest BCUT2D eigenvalue weighted by Crippen LogP contribution is 2.28. The van der Waals surface area contributed by atoms with E-state index in [1.165, 1.54) is 6.92 Å². The minimum Gasteiger partial charge on any atom is -0.345 e. The summed E-state index contributed by atoms with van der Waals surface area (Å²) in [6.45, 7) is 8.96. The van der Waals surface area contributed by atoms with Crippen molar-refractivity contribution >= 4 is 6.29 Å². The van der Waals surface area contributed by atoms with E-state index in [4.69, 9.17) is 14.2 Å². The van der Waals surface area contributed by atoms with Gasteiger partial charge in [0.1, 0.15) is 6.10 Å². The molecule has 0 aromatic carbocycles. The molecule has 1 aliphatic heterocycles. The second-order valence-corrected chi connectivity index (χ2v) is 3.06. The van der Waals surface area contributed by atoms with Gasteiger partial charge in [0.15, 0.2) is 12.6 Å². The van der Waals surface area contributed by atoms with Gasteiger partial charge in [-0.2, -0.15) is 0 Å². The molecule has 0 aromatic rings. The molecular weight excluding hydrogens is 184 g/mol. The van der Waals surface area contributed by atoms with E-state index in [0.29, 0.717) is 12.9 Å². The minimum atomic E-state index is -1.23. The Morgan fingerprint density at radius 2 is 2.21 bits per heavy atom. The first kappa shape index (κ1) is 11.1. The van der Waals surface area contributed by atoms with Crippen LogP contribution in [0.1, 0.15) is 6.92 Å². The number of ether oxygens (including phenoxy) is 3. The molecule has 1 saturated heterocycles. The van der Waals surface area contributed by atoms with Crippen LogP contribution < -0.4 is 0 Å². The minimum absolute atomic E-state index is 0.341. The fraction of sp³-hybridized carbons (Fsp3) is 0.500. The number of hydrogen-bond donors (Lipinski definition) is 0. The first-order chi connectivity index (χ1) is 6.65. The Kier molecular flexibility index (Phi) is 3.57. The molecular formula is C10H14O4. The van der Waals surface area contributed by atoms with Gasteiger partial charge in [-0.15, -0.1) is 13.2 Å². The zero-order valence-electron chi connectivity index (χ0n) is 8.14. The van der Waals surface area contributed by atoms with Crippen molar-refractivity contribution in [3.05, 3.63) is 25.3 Å². The summed E-state index contributed by atoms with van der Waals surface area (Å²) in [5.74, 6) is -1.23. The normalized spacial score (nSPS) is 36.6. The van der Waals surface area contributed by atoms with Gasteiger partial charge in [-0.25, -0.2) is 0 Å². The molecule has 0 bridgehead atoms. The Labute approximate surface area is 83.1 Å². The van der Waals surface area contributed by atoms with E-state index in [-0.39, 0.29) is 0 Å². The van der Waals surface area contributed by atoms with Crippen LogP contribution in [-0.2, 0) is 19.0 Å². The van der Waals surface area contributed by atoms with Crippen LogP contribution in [0, 0.1) is 0 Å². The zero-order valence-corrected chi connectivity index (χ0v) is 8.14. The van der Waals surface area contributed by atoms with Gasteiger partial charge in [-0.05, 0) is 6.92 Å². The van der Waals surface area contributed by atoms with Gasteiger partial charge in [-0.3, -0.25) is 4.79 Å². The van der Waals surface area contributed by atoms with E-state index in [0.717, 1.165) is 0 Å². The van der Waals surface area contributed by atoms with Crippen LogP contribution in [0.4, 0.5) is 0 Å². The first-order valence-electron chi connectivity index (χ1n) is 4.32. The topological polar surface area (TPSA) is 44.8 Å². The maximum absolute atomic E-state index is 10.6. The number of hydrogen-bond acceptors (Lipinski definition) is 4. The highest BCUT2D eigenvalue weighted by atomic mass is 16.8. The molecule has 4 heteroatoms. The number of carbonyl (C=O) groups excluding carboxylic acids is 1. The predicted octanol–water partition coefficient (Wildman–Crippen LogP) is 1.03. The highest BCUT2D eigenvalue weighted by molar-refractivity contribution is 5.59. The van der Waals surface area contributed by atoms with Gasteiger partial charge in [0.05, 0.1) is 6.61 Å². The van der Waals surface area contributed by atoms with E-state index in [2.05, 4.69) is 13.2 Å². The van der Waals surface area contributed by atoms with Gasteiger partial charge < -0.3 is 14.2 Å².